The summed E-state index contributed by atoms with van der Waals surface area (Å²) in [7, 11) is 3.12. The number of benzene rings is 1. The fraction of sp³-hybridized carbons (Fsp3) is 0.267. The van der Waals surface area contributed by atoms with Crippen LogP contribution in [0.25, 0.3) is 11.3 Å². The summed E-state index contributed by atoms with van der Waals surface area (Å²) in [4.78, 5) is 29.9. The number of carbonyl (C=O) groups is 1. The Morgan fingerprint density at radius 2 is 2.00 bits per heavy atom. The number of amides is 1. The molecule has 1 aromatic heterocycles. The van der Waals surface area contributed by atoms with E-state index in [2.05, 4.69) is 15.3 Å². The molecule has 0 saturated heterocycles. The van der Waals surface area contributed by atoms with Crippen LogP contribution in [0.4, 0.5) is 0 Å². The monoisotopic (exact) mass is 303 g/mol. The van der Waals surface area contributed by atoms with Crippen LogP contribution in [0.1, 0.15) is 10.5 Å². The van der Waals surface area contributed by atoms with Gasteiger partial charge in [0, 0.05) is 19.2 Å². The molecule has 7 heteroatoms. The van der Waals surface area contributed by atoms with E-state index in [-0.39, 0.29) is 11.6 Å². The molecule has 0 spiro atoms. The van der Waals surface area contributed by atoms with E-state index in [0.29, 0.717) is 24.6 Å². The number of hydrogen-bond acceptors (Lipinski definition) is 5. The van der Waals surface area contributed by atoms with Crippen molar-refractivity contribution in [1.29, 1.82) is 0 Å². The SMILES string of the molecule is COCCNC(=O)c1cc(-c2ccc(OC)cc2)nc(=O)[nH]1. The highest BCUT2D eigenvalue weighted by molar-refractivity contribution is 5.93. The van der Waals surface area contributed by atoms with Gasteiger partial charge in [-0.3, -0.25) is 4.79 Å². The van der Waals surface area contributed by atoms with Crippen LogP contribution in [0.3, 0.4) is 0 Å². The second-order valence-corrected chi connectivity index (χ2v) is 4.46. The lowest BCUT2D eigenvalue weighted by Gasteiger charge is -2.06. The van der Waals surface area contributed by atoms with Gasteiger partial charge in [0.15, 0.2) is 0 Å². The van der Waals surface area contributed by atoms with Crippen LogP contribution in [0, 0.1) is 0 Å². The zero-order valence-electron chi connectivity index (χ0n) is 12.4. The minimum absolute atomic E-state index is 0.155. The molecule has 22 heavy (non-hydrogen) atoms. The maximum Gasteiger partial charge on any atom is 0.346 e. The van der Waals surface area contributed by atoms with Gasteiger partial charge in [-0.25, -0.2) is 4.79 Å². The fourth-order valence-corrected chi connectivity index (χ4v) is 1.85. The third-order valence-electron chi connectivity index (χ3n) is 2.97. The van der Waals surface area contributed by atoms with Crippen LogP contribution < -0.4 is 15.7 Å². The first-order chi connectivity index (χ1) is 10.6. The molecule has 0 fully saturated rings. The number of methoxy groups -OCH3 is 2. The van der Waals surface area contributed by atoms with Crippen molar-refractivity contribution in [3.63, 3.8) is 0 Å². The summed E-state index contributed by atoms with van der Waals surface area (Å²) in [6.45, 7) is 0.754. The van der Waals surface area contributed by atoms with E-state index in [1.807, 2.05) is 0 Å². The summed E-state index contributed by atoms with van der Waals surface area (Å²) < 4.78 is 9.94. The molecule has 0 radical (unpaired) electrons. The minimum atomic E-state index is -0.579. The van der Waals surface area contributed by atoms with Crippen molar-refractivity contribution in [3.8, 4) is 17.0 Å². The van der Waals surface area contributed by atoms with E-state index in [0.717, 1.165) is 5.56 Å². The second kappa shape index (κ2) is 7.37. The van der Waals surface area contributed by atoms with E-state index < -0.39 is 5.69 Å². The molecule has 0 bridgehead atoms. The number of H-pyrrole nitrogens is 1. The molecule has 0 aliphatic carbocycles. The number of nitrogens with zero attached hydrogens (tertiary/aromatic N) is 1. The van der Waals surface area contributed by atoms with Crippen molar-refractivity contribution in [2.45, 2.75) is 0 Å². The van der Waals surface area contributed by atoms with Gasteiger partial charge < -0.3 is 19.8 Å². The number of ether oxygens (including phenoxy) is 2. The van der Waals surface area contributed by atoms with E-state index in [4.69, 9.17) is 9.47 Å². The molecule has 0 saturated carbocycles. The Balaban J connectivity index is 2.25. The standard InChI is InChI=1S/C15H17N3O4/c1-21-8-7-16-14(19)13-9-12(17-15(20)18-13)10-3-5-11(22-2)6-4-10/h3-6,9H,7-8H2,1-2H3,(H,16,19)(H,17,18,20). The van der Waals surface area contributed by atoms with Gasteiger partial charge in [0.25, 0.3) is 5.91 Å². The largest absolute Gasteiger partial charge is 0.497 e. The normalized spacial score (nSPS) is 10.3. The maximum absolute atomic E-state index is 12.0. The first kappa shape index (κ1) is 15.7. The molecule has 1 heterocycles. The summed E-state index contributed by atoms with van der Waals surface area (Å²) >= 11 is 0. The fourth-order valence-electron chi connectivity index (χ4n) is 1.85. The first-order valence-corrected chi connectivity index (χ1v) is 6.67. The third-order valence-corrected chi connectivity index (χ3v) is 2.97. The molecule has 0 aliphatic heterocycles. The maximum atomic E-state index is 12.0. The van der Waals surface area contributed by atoms with Crippen molar-refractivity contribution in [2.24, 2.45) is 0 Å². The van der Waals surface area contributed by atoms with Crippen LogP contribution in [-0.2, 0) is 4.74 Å². The van der Waals surface area contributed by atoms with Gasteiger partial charge >= 0.3 is 5.69 Å². The number of aromatic amines is 1. The minimum Gasteiger partial charge on any atom is -0.497 e. The highest BCUT2D eigenvalue weighted by Gasteiger charge is 2.10. The van der Waals surface area contributed by atoms with E-state index in [1.54, 1.807) is 38.5 Å². The van der Waals surface area contributed by atoms with Crippen LogP contribution in [0.15, 0.2) is 35.1 Å². The Labute approximate surface area is 127 Å². The average Bonchev–Trinajstić information content (AvgIpc) is 2.54. The average molecular weight is 303 g/mol. The van der Waals surface area contributed by atoms with Crippen LogP contribution >= 0.6 is 0 Å². The molecule has 0 atom stereocenters. The van der Waals surface area contributed by atoms with E-state index in [1.165, 1.54) is 6.07 Å². The predicted molar refractivity (Wildman–Crippen MR) is 81.1 cm³/mol. The topological polar surface area (TPSA) is 93.3 Å². The van der Waals surface area contributed by atoms with Crippen molar-refractivity contribution in [3.05, 3.63) is 46.5 Å². The summed E-state index contributed by atoms with van der Waals surface area (Å²) in [5.74, 6) is 0.317. The second-order valence-electron chi connectivity index (χ2n) is 4.46. The number of rotatable bonds is 6. The van der Waals surface area contributed by atoms with E-state index >= 15 is 0 Å². The van der Waals surface area contributed by atoms with E-state index in [9.17, 15) is 9.59 Å². The van der Waals surface area contributed by atoms with Gasteiger partial charge in [0.1, 0.15) is 11.4 Å². The Bertz CT molecular complexity index is 695. The number of carbonyl (C=O) groups excluding carboxylic acids is 1. The summed E-state index contributed by atoms with van der Waals surface area (Å²) in [6, 6.07) is 8.60. The number of nitrogens with one attached hydrogen (secondary N) is 2. The lowest BCUT2D eigenvalue weighted by Crippen LogP contribution is -2.29. The van der Waals surface area contributed by atoms with Crippen molar-refractivity contribution >= 4 is 5.91 Å². The summed E-state index contributed by atoms with van der Waals surface area (Å²) in [6.07, 6.45) is 0. The number of aromatic nitrogens is 2. The lowest BCUT2D eigenvalue weighted by atomic mass is 10.1. The van der Waals surface area contributed by atoms with Gasteiger partial charge in [-0.1, -0.05) is 0 Å². The smallest absolute Gasteiger partial charge is 0.346 e. The lowest BCUT2D eigenvalue weighted by molar-refractivity contribution is 0.0931. The van der Waals surface area contributed by atoms with Crippen molar-refractivity contribution < 1.29 is 14.3 Å². The van der Waals surface area contributed by atoms with Gasteiger partial charge in [-0.2, -0.15) is 4.98 Å². The summed E-state index contributed by atoms with van der Waals surface area (Å²) in [5.41, 5.74) is 0.716. The van der Waals surface area contributed by atoms with Crippen molar-refractivity contribution in [2.75, 3.05) is 27.4 Å². The Morgan fingerprint density at radius 1 is 1.27 bits per heavy atom. The molecule has 2 rings (SSSR count). The molecule has 2 aromatic rings. The molecular formula is C15H17N3O4. The van der Waals surface area contributed by atoms with Crippen LogP contribution in [0.2, 0.25) is 0 Å². The quantitative estimate of drug-likeness (QED) is 0.771. The molecule has 7 nitrogen and oxygen atoms in total. The molecule has 0 unspecified atom stereocenters. The van der Waals surface area contributed by atoms with Crippen LogP contribution in [0.5, 0.6) is 5.75 Å². The van der Waals surface area contributed by atoms with Gasteiger partial charge in [-0.05, 0) is 30.3 Å². The Kier molecular flexibility index (Phi) is 5.26. The number of hydrogen-bond donors (Lipinski definition) is 2. The van der Waals surface area contributed by atoms with Gasteiger partial charge in [0.05, 0.1) is 19.4 Å². The first-order valence-electron chi connectivity index (χ1n) is 6.67. The molecule has 2 N–H and O–H groups in total. The predicted octanol–water partition coefficient (Wildman–Crippen LogP) is 0.822. The highest BCUT2D eigenvalue weighted by atomic mass is 16.5. The van der Waals surface area contributed by atoms with Gasteiger partial charge in [-0.15, -0.1) is 0 Å². The molecule has 1 aromatic carbocycles. The zero-order valence-corrected chi connectivity index (χ0v) is 12.4. The van der Waals surface area contributed by atoms with Crippen LogP contribution in [-0.4, -0.2) is 43.2 Å². The highest BCUT2D eigenvalue weighted by Crippen LogP contribution is 2.19. The van der Waals surface area contributed by atoms with Gasteiger partial charge in [0.2, 0.25) is 0 Å². The molecule has 116 valence electrons. The molecular weight excluding hydrogens is 286 g/mol. The zero-order chi connectivity index (χ0) is 15.9. The molecule has 1 amide bonds. The Hall–Kier alpha value is -2.67. The Morgan fingerprint density at radius 3 is 2.64 bits per heavy atom. The van der Waals surface area contributed by atoms with Crippen molar-refractivity contribution in [1.82, 2.24) is 15.3 Å². The third kappa shape index (κ3) is 3.92. The summed E-state index contributed by atoms with van der Waals surface area (Å²) in [5, 5.41) is 2.64. The molecule has 0 aliphatic rings.